The first kappa shape index (κ1) is 17.5. The van der Waals surface area contributed by atoms with Crippen LogP contribution in [0, 0.1) is 0 Å². The molecule has 1 aromatic rings. The van der Waals surface area contributed by atoms with E-state index in [4.69, 9.17) is 4.74 Å². The van der Waals surface area contributed by atoms with Gasteiger partial charge in [-0.05, 0) is 30.7 Å². The highest BCUT2D eigenvalue weighted by Crippen LogP contribution is 2.16. The molecular weight excluding hydrogens is 264 g/mol. The lowest BCUT2D eigenvalue weighted by molar-refractivity contribution is -0.115. The zero-order valence-electron chi connectivity index (χ0n) is 13.4. The molecule has 0 radical (unpaired) electrons. The Balaban J connectivity index is 2.28. The largest absolute Gasteiger partial charge is 0.494 e. The predicted octanol–water partition coefficient (Wildman–Crippen LogP) is 3.58. The van der Waals surface area contributed by atoms with E-state index in [-0.39, 0.29) is 5.91 Å². The van der Waals surface area contributed by atoms with Crippen molar-refractivity contribution in [2.24, 2.45) is 0 Å². The van der Waals surface area contributed by atoms with Crippen molar-refractivity contribution in [3.8, 4) is 5.75 Å². The van der Waals surface area contributed by atoms with Gasteiger partial charge in [0.25, 0.3) is 0 Å². The van der Waals surface area contributed by atoms with Gasteiger partial charge in [0.05, 0.1) is 13.2 Å². The molecule has 2 N–H and O–H groups in total. The number of unbranched alkanes of at least 4 members (excludes halogenated alkanes) is 3. The summed E-state index contributed by atoms with van der Waals surface area (Å²) in [7, 11) is 0. The summed E-state index contributed by atoms with van der Waals surface area (Å²) in [6.07, 6.45) is 4.81. The van der Waals surface area contributed by atoms with Crippen molar-refractivity contribution >= 4 is 11.6 Å². The number of hydrogen-bond acceptors (Lipinski definition) is 3. The monoisotopic (exact) mass is 292 g/mol. The molecule has 0 heterocycles. The molecule has 118 valence electrons. The van der Waals surface area contributed by atoms with Crippen LogP contribution in [0.2, 0.25) is 0 Å². The number of carbonyl (C=O) groups is 1. The third kappa shape index (κ3) is 8.35. The number of nitrogens with one attached hydrogen (secondary N) is 2. The fourth-order valence-corrected chi connectivity index (χ4v) is 1.86. The zero-order chi connectivity index (χ0) is 15.5. The summed E-state index contributed by atoms with van der Waals surface area (Å²) < 4.78 is 5.67. The summed E-state index contributed by atoms with van der Waals surface area (Å²) in [5.41, 5.74) is 0.795. The number of carbonyl (C=O) groups excluding carboxylic acids is 1. The van der Waals surface area contributed by atoms with Gasteiger partial charge in [0.1, 0.15) is 5.75 Å². The molecule has 0 saturated heterocycles. The van der Waals surface area contributed by atoms with Crippen LogP contribution in [0.25, 0.3) is 0 Å². The second-order valence-electron chi connectivity index (χ2n) is 5.52. The first-order valence-electron chi connectivity index (χ1n) is 7.88. The Morgan fingerprint density at radius 3 is 2.48 bits per heavy atom. The van der Waals surface area contributed by atoms with Crippen LogP contribution in [-0.4, -0.2) is 25.1 Å². The predicted molar refractivity (Wildman–Crippen MR) is 87.8 cm³/mol. The van der Waals surface area contributed by atoms with Crippen LogP contribution in [-0.2, 0) is 4.79 Å². The molecule has 4 nitrogen and oxygen atoms in total. The molecule has 4 heteroatoms. The smallest absolute Gasteiger partial charge is 0.238 e. The van der Waals surface area contributed by atoms with Gasteiger partial charge in [0.2, 0.25) is 5.91 Å². The Morgan fingerprint density at radius 1 is 1.14 bits per heavy atom. The van der Waals surface area contributed by atoms with Crippen molar-refractivity contribution in [2.45, 2.75) is 52.5 Å². The molecule has 21 heavy (non-hydrogen) atoms. The average Bonchev–Trinajstić information content (AvgIpc) is 2.47. The fourth-order valence-electron chi connectivity index (χ4n) is 1.86. The van der Waals surface area contributed by atoms with Gasteiger partial charge in [-0.25, -0.2) is 0 Å². The third-order valence-electron chi connectivity index (χ3n) is 3.08. The van der Waals surface area contributed by atoms with Gasteiger partial charge in [0.15, 0.2) is 0 Å². The second kappa shape index (κ2) is 10.2. The van der Waals surface area contributed by atoms with E-state index >= 15 is 0 Å². The van der Waals surface area contributed by atoms with Crippen LogP contribution in [0.1, 0.15) is 46.5 Å². The van der Waals surface area contributed by atoms with E-state index in [1.807, 2.05) is 38.1 Å². The first-order chi connectivity index (χ1) is 10.1. The minimum Gasteiger partial charge on any atom is -0.494 e. The number of anilines is 1. The highest BCUT2D eigenvalue weighted by Gasteiger charge is 2.03. The molecule has 0 saturated carbocycles. The highest BCUT2D eigenvalue weighted by atomic mass is 16.5. The molecule has 0 aromatic heterocycles. The summed E-state index contributed by atoms with van der Waals surface area (Å²) in [4.78, 5) is 11.7. The van der Waals surface area contributed by atoms with Crippen LogP contribution in [0.5, 0.6) is 5.75 Å². The molecule has 0 spiro atoms. The molecule has 0 fully saturated rings. The summed E-state index contributed by atoms with van der Waals surface area (Å²) in [5, 5.41) is 5.94. The Morgan fingerprint density at radius 2 is 1.86 bits per heavy atom. The molecule has 0 bridgehead atoms. The van der Waals surface area contributed by atoms with E-state index in [0.717, 1.165) is 24.5 Å². The van der Waals surface area contributed by atoms with Crippen LogP contribution in [0.15, 0.2) is 24.3 Å². The lowest BCUT2D eigenvalue weighted by Crippen LogP contribution is -2.32. The Bertz CT molecular complexity index is 402. The lowest BCUT2D eigenvalue weighted by Gasteiger charge is -2.10. The molecule has 0 aliphatic heterocycles. The van der Waals surface area contributed by atoms with E-state index in [2.05, 4.69) is 17.6 Å². The number of ether oxygens (including phenoxy) is 1. The van der Waals surface area contributed by atoms with E-state index in [9.17, 15) is 4.79 Å². The van der Waals surface area contributed by atoms with Crippen molar-refractivity contribution in [2.75, 3.05) is 18.5 Å². The van der Waals surface area contributed by atoms with E-state index in [0.29, 0.717) is 12.6 Å². The number of rotatable bonds is 10. The summed E-state index contributed by atoms with van der Waals surface area (Å²) in [5.74, 6) is 0.821. The van der Waals surface area contributed by atoms with Crippen molar-refractivity contribution in [1.82, 2.24) is 5.32 Å². The van der Waals surface area contributed by atoms with Gasteiger partial charge in [-0.15, -0.1) is 0 Å². The molecule has 0 aliphatic carbocycles. The summed E-state index contributed by atoms with van der Waals surface area (Å²) in [6, 6.07) is 7.83. The maximum atomic E-state index is 11.7. The fraction of sp³-hybridized carbons (Fsp3) is 0.588. The van der Waals surface area contributed by atoms with Gasteiger partial charge in [0, 0.05) is 11.7 Å². The summed E-state index contributed by atoms with van der Waals surface area (Å²) >= 11 is 0. The van der Waals surface area contributed by atoms with Crippen molar-refractivity contribution in [3.05, 3.63) is 24.3 Å². The van der Waals surface area contributed by atoms with E-state index in [1.165, 1.54) is 19.3 Å². The third-order valence-corrected chi connectivity index (χ3v) is 3.08. The van der Waals surface area contributed by atoms with Crippen LogP contribution in [0.4, 0.5) is 5.69 Å². The van der Waals surface area contributed by atoms with Crippen molar-refractivity contribution in [1.29, 1.82) is 0 Å². The standard InChI is InChI=1S/C17H28N2O2/c1-4-5-6-7-12-21-16-10-8-15(9-11-16)19-17(20)13-18-14(2)3/h8-11,14,18H,4-7,12-13H2,1-3H3,(H,19,20). The maximum Gasteiger partial charge on any atom is 0.238 e. The highest BCUT2D eigenvalue weighted by molar-refractivity contribution is 5.92. The Labute approximate surface area is 128 Å². The van der Waals surface area contributed by atoms with Crippen molar-refractivity contribution < 1.29 is 9.53 Å². The second-order valence-corrected chi connectivity index (χ2v) is 5.52. The normalized spacial score (nSPS) is 10.7. The zero-order valence-corrected chi connectivity index (χ0v) is 13.4. The molecule has 1 rings (SSSR count). The van der Waals surface area contributed by atoms with E-state index < -0.39 is 0 Å². The molecule has 1 amide bonds. The van der Waals surface area contributed by atoms with Crippen LogP contribution >= 0.6 is 0 Å². The maximum absolute atomic E-state index is 11.7. The molecular formula is C17H28N2O2. The quantitative estimate of drug-likeness (QED) is 0.648. The van der Waals surface area contributed by atoms with Gasteiger partial charge < -0.3 is 15.4 Å². The van der Waals surface area contributed by atoms with Gasteiger partial charge in [-0.1, -0.05) is 40.0 Å². The minimum absolute atomic E-state index is 0.0306. The Kier molecular flexibility index (Phi) is 8.51. The number of amides is 1. The average molecular weight is 292 g/mol. The van der Waals surface area contributed by atoms with Crippen LogP contribution < -0.4 is 15.4 Å². The van der Waals surface area contributed by atoms with Crippen molar-refractivity contribution in [3.63, 3.8) is 0 Å². The summed E-state index contributed by atoms with van der Waals surface area (Å²) in [6.45, 7) is 7.31. The SMILES string of the molecule is CCCCCCOc1ccc(NC(=O)CNC(C)C)cc1. The number of hydrogen-bond donors (Lipinski definition) is 2. The topological polar surface area (TPSA) is 50.4 Å². The number of benzene rings is 1. The van der Waals surface area contributed by atoms with Gasteiger partial charge in [-0.3, -0.25) is 4.79 Å². The lowest BCUT2D eigenvalue weighted by atomic mass is 10.2. The van der Waals surface area contributed by atoms with Crippen LogP contribution in [0.3, 0.4) is 0 Å². The minimum atomic E-state index is -0.0306. The molecule has 0 atom stereocenters. The Hall–Kier alpha value is -1.55. The van der Waals surface area contributed by atoms with Gasteiger partial charge in [-0.2, -0.15) is 0 Å². The van der Waals surface area contributed by atoms with E-state index in [1.54, 1.807) is 0 Å². The molecule has 1 aromatic carbocycles. The molecule has 0 aliphatic rings. The molecule has 0 unspecified atom stereocenters. The first-order valence-corrected chi connectivity index (χ1v) is 7.88. The van der Waals surface area contributed by atoms with Gasteiger partial charge >= 0.3 is 0 Å².